The fourth-order valence-corrected chi connectivity index (χ4v) is 2.55. The lowest BCUT2D eigenvalue weighted by Gasteiger charge is -2.30. The fourth-order valence-electron chi connectivity index (χ4n) is 2.55. The van der Waals surface area contributed by atoms with E-state index in [1.807, 2.05) is 6.92 Å². The van der Waals surface area contributed by atoms with Crippen molar-refractivity contribution in [3.05, 3.63) is 53.6 Å². The number of amides is 1. The summed E-state index contributed by atoms with van der Waals surface area (Å²) in [4.78, 5) is 15.7. The van der Waals surface area contributed by atoms with Gasteiger partial charge in [-0.2, -0.15) is 13.2 Å². The van der Waals surface area contributed by atoms with Gasteiger partial charge in [-0.3, -0.25) is 4.79 Å². The third kappa shape index (κ3) is 4.05. The Bertz CT molecular complexity index is 758. The first kappa shape index (κ1) is 19.9. The maximum absolute atomic E-state index is 13.4. The monoisotopic (exact) mass is 370 g/mol. The smallest absolute Gasteiger partial charge is 0.374 e. The van der Waals surface area contributed by atoms with Crippen LogP contribution in [0.4, 0.5) is 13.2 Å². The highest BCUT2D eigenvalue weighted by atomic mass is 19.4. The number of nitrogens with zero attached hydrogens (tertiary/aromatic N) is 2. The molecule has 1 amide bonds. The van der Waals surface area contributed by atoms with Crippen LogP contribution in [0.15, 0.2) is 36.7 Å². The Morgan fingerprint density at radius 3 is 2.46 bits per heavy atom. The number of benzene rings is 1. The summed E-state index contributed by atoms with van der Waals surface area (Å²) in [6.07, 6.45) is -3.26. The molecule has 0 saturated heterocycles. The van der Waals surface area contributed by atoms with Crippen molar-refractivity contribution in [1.29, 1.82) is 0 Å². The zero-order chi connectivity index (χ0) is 19.5. The first-order valence-corrected chi connectivity index (χ1v) is 7.93. The predicted molar refractivity (Wildman–Crippen MR) is 88.9 cm³/mol. The lowest BCUT2D eigenvalue weighted by Crippen LogP contribution is -2.47. The van der Waals surface area contributed by atoms with Gasteiger partial charge in [0, 0.05) is 32.4 Å². The number of rotatable bonds is 6. The molecule has 2 rings (SSSR count). The summed E-state index contributed by atoms with van der Waals surface area (Å²) in [5.41, 5.74) is 4.19. The second-order valence-corrected chi connectivity index (χ2v) is 6.15. The second-order valence-electron chi connectivity index (χ2n) is 6.15. The highest BCUT2D eigenvalue weighted by Crippen LogP contribution is 2.40. The van der Waals surface area contributed by atoms with E-state index in [0.717, 1.165) is 16.3 Å². The molecule has 4 N–H and O–H groups in total. The molecule has 0 aliphatic rings. The number of carbonyl (C=O) groups excluding carboxylic acids is 1. The molecule has 0 radical (unpaired) electrons. The van der Waals surface area contributed by atoms with Crippen LogP contribution < -0.4 is 11.1 Å². The largest absolute Gasteiger partial charge is 0.424 e. The molecule has 0 spiro atoms. The molecule has 2 atom stereocenters. The Hall–Kier alpha value is -2.39. The molecule has 0 bridgehead atoms. The molecule has 1 aromatic heterocycles. The molecular weight excluding hydrogens is 349 g/mol. The molecule has 2 unspecified atom stereocenters. The number of hydrogen-bond acceptors (Lipinski definition) is 4. The summed E-state index contributed by atoms with van der Waals surface area (Å²) in [5, 5.41) is 12.5. The molecule has 0 saturated carbocycles. The zero-order valence-electron chi connectivity index (χ0n) is 14.4. The summed E-state index contributed by atoms with van der Waals surface area (Å²) >= 11 is 0. The van der Waals surface area contributed by atoms with Crippen LogP contribution in [0.3, 0.4) is 0 Å². The number of halogens is 3. The minimum Gasteiger partial charge on any atom is -0.374 e. The number of alkyl halides is 3. The number of imidazole rings is 1. The van der Waals surface area contributed by atoms with Crippen LogP contribution in [0, 0.1) is 6.92 Å². The molecule has 0 aliphatic carbocycles. The average molecular weight is 370 g/mol. The third-order valence-corrected chi connectivity index (χ3v) is 4.17. The first-order chi connectivity index (χ1) is 12.1. The van der Waals surface area contributed by atoms with E-state index < -0.39 is 42.5 Å². The highest BCUT2D eigenvalue weighted by Gasteiger charge is 2.57. The Labute approximate surface area is 148 Å². The van der Waals surface area contributed by atoms with Crippen LogP contribution in [0.2, 0.25) is 0 Å². The Morgan fingerprint density at radius 1 is 1.35 bits per heavy atom. The van der Waals surface area contributed by atoms with Crippen LogP contribution in [0.25, 0.3) is 0 Å². The van der Waals surface area contributed by atoms with Gasteiger partial charge in [0.15, 0.2) is 0 Å². The fraction of sp³-hybridized carbons (Fsp3) is 0.412. The van der Waals surface area contributed by atoms with Crippen molar-refractivity contribution in [3.8, 4) is 0 Å². The molecule has 142 valence electrons. The molecule has 6 nitrogen and oxygen atoms in total. The molecule has 26 heavy (non-hydrogen) atoms. The van der Waals surface area contributed by atoms with Crippen LogP contribution in [0.1, 0.15) is 29.4 Å². The van der Waals surface area contributed by atoms with E-state index in [-0.39, 0.29) is 0 Å². The summed E-state index contributed by atoms with van der Waals surface area (Å²) < 4.78 is 41.3. The Morgan fingerprint density at radius 2 is 1.96 bits per heavy atom. The van der Waals surface area contributed by atoms with E-state index in [1.54, 1.807) is 24.3 Å². The van der Waals surface area contributed by atoms with Crippen molar-refractivity contribution in [2.45, 2.75) is 31.2 Å². The van der Waals surface area contributed by atoms with Gasteiger partial charge in [0.25, 0.3) is 0 Å². The number of aromatic nitrogens is 2. The number of nitrogens with one attached hydrogen (secondary N) is 1. The molecular formula is C17H21F3N4O2. The average Bonchev–Trinajstić information content (AvgIpc) is 3.00. The van der Waals surface area contributed by atoms with Crippen LogP contribution in [-0.2, 0) is 17.4 Å². The standard InChI is InChI=1S/C17H21F3N4O2/c1-11-3-5-12(6-4-11)13(21)14(25)22-8-7-16(26,17(18,19)20)15-23-9-10-24(15)2/h3-6,9-10,13,26H,7-8,21H2,1-2H3,(H,22,25). The van der Waals surface area contributed by atoms with Crippen molar-refractivity contribution >= 4 is 5.91 Å². The van der Waals surface area contributed by atoms with Crippen molar-refractivity contribution in [2.24, 2.45) is 12.8 Å². The minimum atomic E-state index is -4.95. The lowest BCUT2D eigenvalue weighted by molar-refractivity contribution is -0.272. The van der Waals surface area contributed by atoms with Gasteiger partial charge in [0.1, 0.15) is 11.9 Å². The van der Waals surface area contributed by atoms with Gasteiger partial charge < -0.3 is 20.7 Å². The number of aryl methyl sites for hydroxylation is 2. The maximum atomic E-state index is 13.4. The van der Waals surface area contributed by atoms with E-state index in [9.17, 15) is 23.1 Å². The van der Waals surface area contributed by atoms with Crippen molar-refractivity contribution in [3.63, 3.8) is 0 Å². The maximum Gasteiger partial charge on any atom is 0.424 e. The lowest BCUT2D eigenvalue weighted by atomic mass is 9.97. The predicted octanol–water partition coefficient (Wildman–Crippen LogP) is 1.68. The van der Waals surface area contributed by atoms with Crippen molar-refractivity contribution in [2.75, 3.05) is 6.54 Å². The van der Waals surface area contributed by atoms with E-state index >= 15 is 0 Å². The Kier molecular flexibility index (Phi) is 5.72. The van der Waals surface area contributed by atoms with Gasteiger partial charge >= 0.3 is 6.18 Å². The van der Waals surface area contributed by atoms with Gasteiger partial charge in [-0.1, -0.05) is 29.8 Å². The number of hydrogen-bond donors (Lipinski definition) is 3. The number of aliphatic hydroxyl groups is 1. The molecule has 0 fully saturated rings. The van der Waals surface area contributed by atoms with E-state index in [2.05, 4.69) is 10.3 Å². The van der Waals surface area contributed by atoms with Gasteiger partial charge in [0.05, 0.1) is 0 Å². The quantitative estimate of drug-likeness (QED) is 0.721. The number of carbonyl (C=O) groups is 1. The molecule has 9 heteroatoms. The van der Waals surface area contributed by atoms with Crippen LogP contribution in [0.5, 0.6) is 0 Å². The van der Waals surface area contributed by atoms with E-state index in [0.29, 0.717) is 5.56 Å². The molecule has 1 heterocycles. The van der Waals surface area contributed by atoms with Gasteiger partial charge in [0.2, 0.25) is 11.5 Å². The van der Waals surface area contributed by atoms with Gasteiger partial charge in [-0.05, 0) is 12.5 Å². The van der Waals surface area contributed by atoms with Gasteiger partial charge in [-0.25, -0.2) is 4.98 Å². The number of nitrogens with two attached hydrogens (primary N) is 1. The van der Waals surface area contributed by atoms with Crippen molar-refractivity contribution in [1.82, 2.24) is 14.9 Å². The second kappa shape index (κ2) is 7.46. The van der Waals surface area contributed by atoms with E-state index in [1.165, 1.54) is 13.2 Å². The SMILES string of the molecule is Cc1ccc(C(N)C(=O)NCCC(O)(c2nccn2C)C(F)(F)F)cc1. The zero-order valence-corrected chi connectivity index (χ0v) is 14.4. The summed E-state index contributed by atoms with van der Waals surface area (Å²) in [7, 11) is 1.35. The molecule has 1 aromatic carbocycles. The highest BCUT2D eigenvalue weighted by molar-refractivity contribution is 5.82. The normalized spacial score (nSPS) is 15.3. The molecule has 0 aliphatic heterocycles. The third-order valence-electron chi connectivity index (χ3n) is 4.17. The Balaban J connectivity index is 2.05. The van der Waals surface area contributed by atoms with E-state index in [4.69, 9.17) is 5.73 Å². The van der Waals surface area contributed by atoms with Crippen LogP contribution >= 0.6 is 0 Å². The van der Waals surface area contributed by atoms with Crippen LogP contribution in [-0.4, -0.2) is 33.3 Å². The summed E-state index contributed by atoms with van der Waals surface area (Å²) in [5.74, 6) is -1.17. The minimum absolute atomic E-state index is 0.415. The first-order valence-electron chi connectivity index (χ1n) is 7.93. The topological polar surface area (TPSA) is 93.2 Å². The summed E-state index contributed by atoms with van der Waals surface area (Å²) in [6.45, 7) is 1.46. The molecule has 2 aromatic rings. The van der Waals surface area contributed by atoms with Crippen molar-refractivity contribution < 1.29 is 23.1 Å². The van der Waals surface area contributed by atoms with Gasteiger partial charge in [-0.15, -0.1) is 0 Å². The summed E-state index contributed by atoms with van der Waals surface area (Å²) in [6, 6.07) is 5.92.